The number of halogens is 1. The average molecular weight is 233 g/mol. The van der Waals surface area contributed by atoms with Crippen molar-refractivity contribution < 1.29 is 12.8 Å². The molecule has 1 aromatic heterocycles. The third kappa shape index (κ3) is 3.22. The van der Waals surface area contributed by atoms with E-state index >= 15 is 0 Å². The van der Waals surface area contributed by atoms with Crippen LogP contribution >= 0.6 is 0 Å². The molecule has 1 aromatic rings. The molecule has 0 aliphatic carbocycles. The van der Waals surface area contributed by atoms with Gasteiger partial charge in [0.2, 0.25) is 10.0 Å². The molecular formula is C8H12FN3O2S. The van der Waals surface area contributed by atoms with Crippen molar-refractivity contribution in [1.29, 1.82) is 0 Å². The first-order chi connectivity index (χ1) is 6.95. The van der Waals surface area contributed by atoms with Crippen molar-refractivity contribution in [3.63, 3.8) is 0 Å². The van der Waals surface area contributed by atoms with Crippen LogP contribution in [0.4, 0.5) is 4.39 Å². The van der Waals surface area contributed by atoms with Crippen molar-refractivity contribution in [1.82, 2.24) is 9.71 Å². The first kappa shape index (κ1) is 12.0. The van der Waals surface area contributed by atoms with Gasteiger partial charge in [0.1, 0.15) is 10.7 Å². The number of nitrogens with one attached hydrogen (secondary N) is 1. The van der Waals surface area contributed by atoms with Crippen LogP contribution in [0.5, 0.6) is 0 Å². The first-order valence-corrected chi connectivity index (χ1v) is 5.77. The molecule has 0 aliphatic heterocycles. The Morgan fingerprint density at radius 2 is 2.27 bits per heavy atom. The lowest BCUT2D eigenvalue weighted by molar-refractivity contribution is 0.558. The van der Waals surface area contributed by atoms with Gasteiger partial charge in [0.05, 0.1) is 6.20 Å². The minimum Gasteiger partial charge on any atom is -0.329 e. The normalized spacial score (nSPS) is 13.8. The van der Waals surface area contributed by atoms with Gasteiger partial charge in [-0.25, -0.2) is 17.5 Å². The number of nitrogens with two attached hydrogens (primary N) is 1. The fourth-order valence-electron chi connectivity index (χ4n) is 0.920. The molecule has 84 valence electrons. The summed E-state index contributed by atoms with van der Waals surface area (Å²) in [6, 6.07) is 0.497. The number of rotatable bonds is 4. The second-order valence-corrected chi connectivity index (χ2v) is 4.81. The molecular weight excluding hydrogens is 221 g/mol. The first-order valence-electron chi connectivity index (χ1n) is 4.28. The van der Waals surface area contributed by atoms with Gasteiger partial charge >= 0.3 is 0 Å². The maximum absolute atomic E-state index is 12.7. The van der Waals surface area contributed by atoms with Crippen LogP contribution in [-0.2, 0) is 10.0 Å². The number of aromatic nitrogens is 1. The maximum atomic E-state index is 12.7. The maximum Gasteiger partial charge on any atom is 0.242 e. The molecule has 1 heterocycles. The van der Waals surface area contributed by atoms with Gasteiger partial charge in [0.15, 0.2) is 0 Å². The molecule has 1 rings (SSSR count). The molecule has 0 amide bonds. The molecule has 3 N–H and O–H groups in total. The number of hydrogen-bond acceptors (Lipinski definition) is 4. The summed E-state index contributed by atoms with van der Waals surface area (Å²) in [5.74, 6) is -0.696. The van der Waals surface area contributed by atoms with Gasteiger partial charge in [-0.1, -0.05) is 0 Å². The summed E-state index contributed by atoms with van der Waals surface area (Å²) in [7, 11) is -3.73. The molecule has 0 fully saturated rings. The predicted molar refractivity (Wildman–Crippen MR) is 53.0 cm³/mol. The van der Waals surface area contributed by atoms with E-state index in [2.05, 4.69) is 9.71 Å². The van der Waals surface area contributed by atoms with E-state index in [1.165, 1.54) is 0 Å². The van der Waals surface area contributed by atoms with Crippen LogP contribution in [0.1, 0.15) is 6.92 Å². The van der Waals surface area contributed by atoms with E-state index in [0.29, 0.717) is 0 Å². The Hall–Kier alpha value is -1.05. The zero-order chi connectivity index (χ0) is 11.5. The van der Waals surface area contributed by atoms with Gasteiger partial charge in [0, 0.05) is 18.8 Å². The fourth-order valence-corrected chi connectivity index (χ4v) is 2.15. The lowest BCUT2D eigenvalue weighted by atomic mass is 10.4. The van der Waals surface area contributed by atoms with Gasteiger partial charge < -0.3 is 5.73 Å². The van der Waals surface area contributed by atoms with Gasteiger partial charge in [-0.15, -0.1) is 0 Å². The number of nitrogens with zero attached hydrogens (tertiary/aromatic N) is 1. The van der Waals surface area contributed by atoms with Gasteiger partial charge in [-0.2, -0.15) is 0 Å². The minimum atomic E-state index is -3.73. The smallest absolute Gasteiger partial charge is 0.242 e. The van der Waals surface area contributed by atoms with Crippen molar-refractivity contribution in [2.24, 2.45) is 5.73 Å². The van der Waals surface area contributed by atoms with E-state index in [0.717, 1.165) is 18.5 Å². The summed E-state index contributed by atoms with van der Waals surface area (Å²) in [6.07, 6.45) is 2.01. The quantitative estimate of drug-likeness (QED) is 0.757. The largest absolute Gasteiger partial charge is 0.329 e. The Balaban J connectivity index is 2.96. The summed E-state index contributed by atoms with van der Waals surface area (Å²) in [6.45, 7) is 1.78. The van der Waals surface area contributed by atoms with E-state index in [4.69, 9.17) is 5.73 Å². The zero-order valence-corrected chi connectivity index (χ0v) is 8.96. The van der Waals surface area contributed by atoms with Gasteiger partial charge in [-0.05, 0) is 13.0 Å². The molecule has 15 heavy (non-hydrogen) atoms. The molecule has 0 aliphatic rings. The summed E-state index contributed by atoms with van der Waals surface area (Å²) in [4.78, 5) is 3.25. The topological polar surface area (TPSA) is 85.1 Å². The Morgan fingerprint density at radius 3 is 2.80 bits per heavy atom. The number of sulfonamides is 1. The van der Waals surface area contributed by atoms with Crippen molar-refractivity contribution in [2.75, 3.05) is 6.54 Å². The summed E-state index contributed by atoms with van der Waals surface area (Å²) < 4.78 is 38.2. The molecule has 0 bridgehead atoms. The lowest BCUT2D eigenvalue weighted by Gasteiger charge is -2.11. The van der Waals surface area contributed by atoms with Crippen LogP contribution < -0.4 is 10.5 Å². The van der Waals surface area contributed by atoms with E-state index in [1.54, 1.807) is 6.92 Å². The van der Waals surface area contributed by atoms with Crippen molar-refractivity contribution in [3.05, 3.63) is 24.3 Å². The SMILES string of the molecule is C[C@H](CN)NS(=O)(=O)c1cncc(F)c1. The summed E-state index contributed by atoms with van der Waals surface area (Å²) in [5, 5.41) is 0. The zero-order valence-electron chi connectivity index (χ0n) is 8.14. The van der Waals surface area contributed by atoms with Crippen LogP contribution in [0.15, 0.2) is 23.4 Å². The van der Waals surface area contributed by atoms with E-state index < -0.39 is 21.9 Å². The number of pyridine rings is 1. The summed E-state index contributed by atoms with van der Waals surface area (Å²) >= 11 is 0. The van der Waals surface area contributed by atoms with E-state index in [9.17, 15) is 12.8 Å². The van der Waals surface area contributed by atoms with Crippen molar-refractivity contribution >= 4 is 10.0 Å². The monoisotopic (exact) mass is 233 g/mol. The summed E-state index contributed by atoms with van der Waals surface area (Å²) in [5.41, 5.74) is 5.27. The third-order valence-corrected chi connectivity index (χ3v) is 3.26. The molecule has 0 saturated carbocycles. The Kier molecular flexibility index (Phi) is 3.72. The van der Waals surface area contributed by atoms with Crippen LogP contribution in [0.25, 0.3) is 0 Å². The molecule has 0 unspecified atom stereocenters. The molecule has 7 heteroatoms. The number of hydrogen-bond donors (Lipinski definition) is 2. The molecule has 0 saturated heterocycles. The van der Waals surface area contributed by atoms with Crippen molar-refractivity contribution in [2.45, 2.75) is 17.9 Å². The standard InChI is InChI=1S/C8H12FN3O2S/c1-6(3-10)12-15(13,14)8-2-7(9)4-11-5-8/h2,4-6,12H,3,10H2,1H3/t6-/m1/s1. The second kappa shape index (κ2) is 4.65. The van der Waals surface area contributed by atoms with Crippen LogP contribution in [-0.4, -0.2) is 26.0 Å². The lowest BCUT2D eigenvalue weighted by Crippen LogP contribution is -2.37. The Labute approximate surface area is 87.6 Å². The Morgan fingerprint density at radius 1 is 1.60 bits per heavy atom. The van der Waals surface area contributed by atoms with Gasteiger partial charge in [0.25, 0.3) is 0 Å². The highest BCUT2D eigenvalue weighted by Crippen LogP contribution is 2.08. The minimum absolute atomic E-state index is 0.169. The fraction of sp³-hybridized carbons (Fsp3) is 0.375. The molecule has 1 atom stereocenters. The van der Waals surface area contributed by atoms with E-state index in [1.807, 2.05) is 0 Å². The predicted octanol–water partition coefficient (Wildman–Crippen LogP) is -0.154. The van der Waals surface area contributed by atoms with E-state index in [-0.39, 0.29) is 11.4 Å². The van der Waals surface area contributed by atoms with Crippen LogP contribution in [0.2, 0.25) is 0 Å². The molecule has 0 aromatic carbocycles. The highest BCUT2D eigenvalue weighted by atomic mass is 32.2. The second-order valence-electron chi connectivity index (χ2n) is 3.10. The molecule has 0 radical (unpaired) electrons. The highest BCUT2D eigenvalue weighted by Gasteiger charge is 2.17. The third-order valence-electron chi connectivity index (χ3n) is 1.70. The van der Waals surface area contributed by atoms with Crippen LogP contribution in [0, 0.1) is 5.82 Å². The van der Waals surface area contributed by atoms with Gasteiger partial charge in [-0.3, -0.25) is 4.98 Å². The Bertz CT molecular complexity index is 435. The highest BCUT2D eigenvalue weighted by molar-refractivity contribution is 7.89. The molecule has 5 nitrogen and oxygen atoms in total. The molecule has 0 spiro atoms. The van der Waals surface area contributed by atoms with Crippen LogP contribution in [0.3, 0.4) is 0 Å². The average Bonchev–Trinajstić information content (AvgIpc) is 2.17. The van der Waals surface area contributed by atoms with Crippen molar-refractivity contribution in [3.8, 4) is 0 Å².